The van der Waals surface area contributed by atoms with Gasteiger partial charge in [0.25, 0.3) is 0 Å². The minimum atomic E-state index is -4.44. The molecule has 0 N–H and O–H groups in total. The lowest BCUT2D eigenvalue weighted by atomic mass is 10.1. The van der Waals surface area contributed by atoms with Crippen LogP contribution in [-0.4, -0.2) is 20.1 Å². The van der Waals surface area contributed by atoms with Gasteiger partial charge in [0.05, 0.1) is 23.2 Å². The standard InChI is InChI=1S/C24H18Cl2F3NO.O2S/c1-14-10-15(24(27,28)29)11-21-18(14)12-17(30(21)16-6-4-3-5-7-16)13-19-20(25)8-9-22(31-2)23(19)26;1-3-2/h3-12H,13H2,1-2H3;. The van der Waals surface area contributed by atoms with Crippen molar-refractivity contribution in [1.82, 2.24) is 4.57 Å². The first-order chi connectivity index (χ1) is 16.1. The number of hydrogen-bond acceptors (Lipinski definition) is 3. The van der Waals surface area contributed by atoms with Crippen molar-refractivity contribution in [3.8, 4) is 11.4 Å². The van der Waals surface area contributed by atoms with Gasteiger partial charge in [-0.25, -0.2) is 0 Å². The van der Waals surface area contributed by atoms with Gasteiger partial charge in [-0.05, 0) is 60.5 Å². The molecule has 0 saturated heterocycles. The summed E-state index contributed by atoms with van der Waals surface area (Å²) in [6, 6.07) is 16.9. The Morgan fingerprint density at radius 3 is 2.24 bits per heavy atom. The largest absolute Gasteiger partial charge is 0.495 e. The summed E-state index contributed by atoms with van der Waals surface area (Å²) in [5.41, 5.74) is 2.50. The Hall–Kier alpha value is -2.81. The molecule has 178 valence electrons. The molecule has 0 aliphatic carbocycles. The number of alkyl halides is 3. The van der Waals surface area contributed by atoms with Crippen LogP contribution in [0.3, 0.4) is 0 Å². The molecule has 1 aromatic heterocycles. The van der Waals surface area contributed by atoms with E-state index >= 15 is 0 Å². The quantitative estimate of drug-likeness (QED) is 0.282. The summed E-state index contributed by atoms with van der Waals surface area (Å²) in [5.74, 6) is 0.485. The number of nitrogens with zero attached hydrogens (tertiary/aromatic N) is 1. The number of aromatic nitrogens is 1. The summed E-state index contributed by atoms with van der Waals surface area (Å²) >= 11 is 12.2. The third kappa shape index (κ3) is 5.29. The van der Waals surface area contributed by atoms with E-state index in [1.807, 2.05) is 41.0 Å². The molecule has 4 rings (SSSR count). The van der Waals surface area contributed by atoms with Crippen molar-refractivity contribution in [3.05, 3.63) is 93.1 Å². The highest BCUT2D eigenvalue weighted by molar-refractivity contribution is 7.51. The summed E-state index contributed by atoms with van der Waals surface area (Å²) in [4.78, 5) is 0. The average molecular weight is 528 g/mol. The van der Waals surface area contributed by atoms with Crippen LogP contribution in [0.1, 0.15) is 22.4 Å². The van der Waals surface area contributed by atoms with Gasteiger partial charge in [-0.1, -0.05) is 41.4 Å². The van der Waals surface area contributed by atoms with E-state index < -0.39 is 23.3 Å². The fourth-order valence-corrected chi connectivity index (χ4v) is 4.37. The fourth-order valence-electron chi connectivity index (χ4n) is 3.79. The molecule has 0 fully saturated rings. The Kier molecular flexibility index (Phi) is 8.07. The Morgan fingerprint density at radius 1 is 1.00 bits per heavy atom. The Morgan fingerprint density at radius 2 is 1.65 bits per heavy atom. The molecule has 0 saturated carbocycles. The van der Waals surface area contributed by atoms with Gasteiger partial charge in [-0.2, -0.15) is 21.6 Å². The smallest absolute Gasteiger partial charge is 0.416 e. The normalized spacial score (nSPS) is 11.1. The molecule has 0 atom stereocenters. The minimum Gasteiger partial charge on any atom is -0.495 e. The van der Waals surface area contributed by atoms with E-state index in [9.17, 15) is 13.2 Å². The van der Waals surface area contributed by atoms with Crippen LogP contribution in [0.5, 0.6) is 5.75 Å². The molecule has 4 nitrogen and oxygen atoms in total. The van der Waals surface area contributed by atoms with E-state index in [-0.39, 0.29) is 0 Å². The molecule has 1 heterocycles. The predicted octanol–water partition coefficient (Wildman–Crippen LogP) is 7.19. The van der Waals surface area contributed by atoms with Crippen molar-refractivity contribution in [2.45, 2.75) is 19.5 Å². The second-order valence-electron chi connectivity index (χ2n) is 7.32. The van der Waals surface area contributed by atoms with Crippen molar-refractivity contribution in [1.29, 1.82) is 0 Å². The summed E-state index contributed by atoms with van der Waals surface area (Å²) in [6.07, 6.45) is -4.12. The van der Waals surface area contributed by atoms with Crippen molar-refractivity contribution in [3.63, 3.8) is 0 Å². The third-order valence-electron chi connectivity index (χ3n) is 5.27. The number of ether oxygens (including phenoxy) is 1. The number of fused-ring (bicyclic) bond motifs is 1. The van der Waals surface area contributed by atoms with E-state index in [1.165, 1.54) is 19.2 Å². The SMILES string of the molecule is COc1ccc(Cl)c(Cc2cc3c(C)cc(C(F)(F)F)cc3n2-c2ccccc2)c1Cl.O=S=O. The van der Waals surface area contributed by atoms with Crippen LogP contribution < -0.4 is 4.74 Å². The molecule has 0 radical (unpaired) electrons. The van der Waals surface area contributed by atoms with Crippen molar-refractivity contribution in [2.24, 2.45) is 0 Å². The second-order valence-corrected chi connectivity index (χ2v) is 8.24. The maximum atomic E-state index is 13.5. The van der Waals surface area contributed by atoms with Crippen LogP contribution in [0, 0.1) is 6.92 Å². The maximum absolute atomic E-state index is 13.5. The Labute approximate surface area is 207 Å². The van der Waals surface area contributed by atoms with Crippen molar-refractivity contribution < 1.29 is 26.3 Å². The first kappa shape index (κ1) is 25.8. The molecule has 0 unspecified atom stereocenters. The zero-order chi connectivity index (χ0) is 25.0. The lowest BCUT2D eigenvalue weighted by Crippen LogP contribution is -2.06. The molecule has 0 spiro atoms. The first-order valence-electron chi connectivity index (χ1n) is 9.82. The molecule has 10 heteroatoms. The highest BCUT2D eigenvalue weighted by Gasteiger charge is 2.32. The van der Waals surface area contributed by atoms with Crippen LogP contribution in [-0.2, 0) is 24.2 Å². The monoisotopic (exact) mass is 527 g/mol. The summed E-state index contributed by atoms with van der Waals surface area (Å²) < 4.78 is 64.3. The molecular formula is C24H18Cl2F3NO3S. The van der Waals surface area contributed by atoms with E-state index in [1.54, 1.807) is 19.1 Å². The fraction of sp³-hybridized carbons (Fsp3) is 0.167. The summed E-state index contributed by atoms with van der Waals surface area (Å²) in [7, 11) is 1.52. The van der Waals surface area contributed by atoms with Crippen LogP contribution in [0.15, 0.2) is 60.7 Å². The summed E-state index contributed by atoms with van der Waals surface area (Å²) in [5, 5.41) is 1.58. The molecule has 3 aromatic carbocycles. The Bertz CT molecular complexity index is 1370. The lowest BCUT2D eigenvalue weighted by molar-refractivity contribution is -0.137. The van der Waals surface area contributed by atoms with Gasteiger partial charge in [-0.15, -0.1) is 0 Å². The number of para-hydroxylation sites is 1. The van der Waals surface area contributed by atoms with Gasteiger partial charge >= 0.3 is 17.7 Å². The van der Waals surface area contributed by atoms with Gasteiger partial charge in [0, 0.05) is 28.2 Å². The number of methoxy groups -OCH3 is 1. The molecule has 34 heavy (non-hydrogen) atoms. The van der Waals surface area contributed by atoms with Crippen molar-refractivity contribution >= 4 is 45.7 Å². The molecular weight excluding hydrogens is 510 g/mol. The summed E-state index contributed by atoms with van der Waals surface area (Å²) in [6.45, 7) is 1.68. The molecule has 0 bridgehead atoms. The minimum absolute atomic E-state index is 0.319. The van der Waals surface area contributed by atoms with Crippen LogP contribution in [0.2, 0.25) is 10.0 Å². The van der Waals surface area contributed by atoms with Gasteiger partial charge in [-0.3, -0.25) is 0 Å². The van der Waals surface area contributed by atoms with Crippen molar-refractivity contribution in [2.75, 3.05) is 7.11 Å². The topological polar surface area (TPSA) is 48.3 Å². The number of halogens is 5. The van der Waals surface area contributed by atoms with Crippen LogP contribution in [0.4, 0.5) is 13.2 Å². The van der Waals surface area contributed by atoms with Crippen LogP contribution >= 0.6 is 23.2 Å². The van der Waals surface area contributed by atoms with E-state index in [0.717, 1.165) is 16.8 Å². The van der Waals surface area contributed by atoms with E-state index in [4.69, 9.17) is 36.4 Å². The molecule has 4 aromatic rings. The zero-order valence-corrected chi connectivity index (χ0v) is 20.3. The number of hydrogen-bond donors (Lipinski definition) is 0. The zero-order valence-electron chi connectivity index (χ0n) is 18.0. The molecule has 0 aliphatic heterocycles. The maximum Gasteiger partial charge on any atom is 0.416 e. The van der Waals surface area contributed by atoms with E-state index in [0.29, 0.717) is 38.9 Å². The number of benzene rings is 3. The lowest BCUT2D eigenvalue weighted by Gasteiger charge is -2.15. The number of rotatable bonds is 4. The highest BCUT2D eigenvalue weighted by atomic mass is 35.5. The molecule has 0 aliphatic rings. The predicted molar refractivity (Wildman–Crippen MR) is 128 cm³/mol. The van der Waals surface area contributed by atoms with Gasteiger partial charge < -0.3 is 9.30 Å². The van der Waals surface area contributed by atoms with Crippen LogP contribution in [0.25, 0.3) is 16.6 Å². The van der Waals surface area contributed by atoms with Gasteiger partial charge in [0.15, 0.2) is 0 Å². The third-order valence-corrected chi connectivity index (χ3v) is 6.04. The Balaban J connectivity index is 0.00000103. The first-order valence-corrected chi connectivity index (χ1v) is 11.2. The average Bonchev–Trinajstić information content (AvgIpc) is 3.16. The van der Waals surface area contributed by atoms with Gasteiger partial charge in [0.2, 0.25) is 0 Å². The molecule has 0 amide bonds. The van der Waals surface area contributed by atoms with E-state index in [2.05, 4.69) is 0 Å². The number of aryl methyl sites for hydroxylation is 1. The van der Waals surface area contributed by atoms with Gasteiger partial charge in [0.1, 0.15) is 5.75 Å². The second kappa shape index (κ2) is 10.6. The highest BCUT2D eigenvalue weighted by Crippen LogP contribution is 2.38.